The predicted octanol–water partition coefficient (Wildman–Crippen LogP) is 13.5. The Kier molecular flexibility index (Phi) is 7.56. The van der Waals surface area contributed by atoms with Gasteiger partial charge in [0, 0.05) is 22.5 Å². The summed E-state index contributed by atoms with van der Waals surface area (Å²) in [5.41, 5.74) is 14.9. The van der Waals surface area contributed by atoms with Crippen LogP contribution in [-0.2, 0) is 5.41 Å². The summed E-state index contributed by atoms with van der Waals surface area (Å²) in [5.74, 6) is 3.29. The molecule has 2 bridgehead atoms. The fraction of sp³-hybridized carbons (Fsp3) is 0.362. The molecule has 10 rings (SSSR count). The molecule has 0 spiro atoms. The maximum Gasteiger partial charge on any atom is 0.0465 e. The van der Waals surface area contributed by atoms with Crippen molar-refractivity contribution in [3.63, 3.8) is 0 Å². The van der Waals surface area contributed by atoms with Gasteiger partial charge in [-0.25, -0.2) is 0 Å². The van der Waals surface area contributed by atoms with Crippen LogP contribution in [0.2, 0.25) is 0 Å². The van der Waals surface area contributed by atoms with Crippen LogP contribution in [0.5, 0.6) is 0 Å². The highest BCUT2D eigenvalue weighted by molar-refractivity contribution is 5.87. The van der Waals surface area contributed by atoms with Gasteiger partial charge in [0.15, 0.2) is 0 Å². The van der Waals surface area contributed by atoms with E-state index < -0.39 is 0 Å². The Labute approximate surface area is 288 Å². The lowest BCUT2D eigenvalue weighted by Crippen LogP contribution is -2.29. The molecule has 4 fully saturated rings. The molecule has 0 N–H and O–H groups in total. The van der Waals surface area contributed by atoms with Gasteiger partial charge in [-0.2, -0.15) is 0 Å². The van der Waals surface area contributed by atoms with Gasteiger partial charge in [0.05, 0.1) is 0 Å². The quantitative estimate of drug-likeness (QED) is 0.181. The van der Waals surface area contributed by atoms with Gasteiger partial charge < -0.3 is 4.90 Å². The Balaban J connectivity index is 1.09. The first kappa shape index (κ1) is 30.0. The third-order valence-corrected chi connectivity index (χ3v) is 12.9. The Morgan fingerprint density at radius 2 is 1.12 bits per heavy atom. The van der Waals surface area contributed by atoms with Crippen molar-refractivity contribution in [2.75, 3.05) is 4.90 Å². The fourth-order valence-electron chi connectivity index (χ4n) is 10.1. The van der Waals surface area contributed by atoms with Crippen LogP contribution in [0.25, 0.3) is 22.3 Å². The number of rotatable bonds is 6. The van der Waals surface area contributed by atoms with Gasteiger partial charge in [-0.1, -0.05) is 119 Å². The fourth-order valence-corrected chi connectivity index (χ4v) is 10.1. The van der Waals surface area contributed by atoms with Crippen LogP contribution in [-0.4, -0.2) is 0 Å². The highest BCUT2D eigenvalue weighted by atomic mass is 15.1. The minimum Gasteiger partial charge on any atom is -0.310 e. The van der Waals surface area contributed by atoms with Crippen molar-refractivity contribution in [1.29, 1.82) is 0 Å². The highest BCUT2D eigenvalue weighted by Gasteiger charge is 2.37. The number of benzene rings is 5. The number of hydrogen-bond acceptors (Lipinski definition) is 1. The van der Waals surface area contributed by atoms with Crippen LogP contribution < -0.4 is 4.90 Å². The molecule has 5 aromatic rings. The minimum atomic E-state index is -0.0911. The van der Waals surface area contributed by atoms with Crippen LogP contribution >= 0.6 is 0 Å². The van der Waals surface area contributed by atoms with Gasteiger partial charge in [-0.05, 0) is 143 Å². The summed E-state index contributed by atoms with van der Waals surface area (Å²) < 4.78 is 0. The van der Waals surface area contributed by atoms with Crippen molar-refractivity contribution in [1.82, 2.24) is 0 Å². The van der Waals surface area contributed by atoms with E-state index in [1.807, 2.05) is 0 Å². The summed E-state index contributed by atoms with van der Waals surface area (Å²) in [6, 6.07) is 44.5. The summed E-state index contributed by atoms with van der Waals surface area (Å²) in [7, 11) is 0. The molecule has 0 saturated heterocycles. The Morgan fingerprint density at radius 1 is 0.521 bits per heavy atom. The van der Waals surface area contributed by atoms with E-state index in [1.54, 1.807) is 5.56 Å². The minimum absolute atomic E-state index is 0.0911. The SMILES string of the molecule is CC1(C)c2cc(-c3ccccc3)ccc2-c2ccc(N(c3ccc(C4CCCCC4)cc3)c3ccc(C4CC5CCC4CC5)cc3)cc21. The normalized spacial score (nSPS) is 22.7. The van der Waals surface area contributed by atoms with E-state index in [0.717, 1.165) is 17.8 Å². The van der Waals surface area contributed by atoms with Crippen LogP contribution in [0.4, 0.5) is 17.1 Å². The van der Waals surface area contributed by atoms with E-state index in [9.17, 15) is 0 Å². The van der Waals surface area contributed by atoms with Crippen molar-refractivity contribution in [2.45, 2.75) is 95.3 Å². The molecular formula is C47H49N. The Morgan fingerprint density at radius 3 is 1.77 bits per heavy atom. The van der Waals surface area contributed by atoms with Crippen molar-refractivity contribution in [3.05, 3.63) is 138 Å². The lowest BCUT2D eigenvalue weighted by atomic mass is 9.63. The lowest BCUT2D eigenvalue weighted by Gasteiger charge is -2.42. The largest absolute Gasteiger partial charge is 0.310 e. The molecule has 5 aromatic carbocycles. The molecule has 5 aliphatic rings. The van der Waals surface area contributed by atoms with Crippen molar-refractivity contribution in [3.8, 4) is 22.3 Å². The number of anilines is 3. The standard InChI is InChI=1S/C47H49N/c1-47(2)45-30-38(34-11-7-4-8-12-34)21-27-42(45)43-28-26-41(31-46(43)47)48(39-22-17-35(18-23-39)33-9-5-3-6-10-33)40-24-19-37(20-25-40)44-29-32-13-15-36(44)16-14-32/h4,7-8,11-12,17-28,30-33,36,44H,3,5-6,9-10,13-16,29H2,1-2H3. The van der Waals surface area contributed by atoms with E-state index in [2.05, 4.69) is 134 Å². The summed E-state index contributed by atoms with van der Waals surface area (Å²) in [6.45, 7) is 4.82. The Bertz CT molecular complexity index is 1900. The maximum absolute atomic E-state index is 2.51. The molecule has 1 nitrogen and oxygen atoms in total. The van der Waals surface area contributed by atoms with Crippen molar-refractivity contribution < 1.29 is 0 Å². The van der Waals surface area contributed by atoms with E-state index in [0.29, 0.717) is 5.92 Å². The Hall–Kier alpha value is -4.10. The molecule has 48 heavy (non-hydrogen) atoms. The summed E-state index contributed by atoms with van der Waals surface area (Å²) in [4.78, 5) is 2.51. The first-order chi connectivity index (χ1) is 23.5. The number of hydrogen-bond donors (Lipinski definition) is 0. The lowest BCUT2D eigenvalue weighted by molar-refractivity contribution is 0.145. The average molecular weight is 628 g/mol. The van der Waals surface area contributed by atoms with Crippen LogP contribution in [0.3, 0.4) is 0 Å². The van der Waals surface area contributed by atoms with Crippen LogP contribution in [0.15, 0.2) is 115 Å². The summed E-state index contributed by atoms with van der Waals surface area (Å²) in [6.07, 6.45) is 14.0. The molecule has 0 aliphatic heterocycles. The zero-order valence-corrected chi connectivity index (χ0v) is 28.8. The molecule has 1 unspecified atom stereocenters. The second kappa shape index (κ2) is 12.1. The van der Waals surface area contributed by atoms with Gasteiger partial charge >= 0.3 is 0 Å². The summed E-state index contributed by atoms with van der Waals surface area (Å²) >= 11 is 0. The summed E-state index contributed by atoms with van der Waals surface area (Å²) in [5, 5.41) is 0. The topological polar surface area (TPSA) is 3.24 Å². The van der Waals surface area contributed by atoms with Crippen molar-refractivity contribution in [2.24, 2.45) is 11.8 Å². The monoisotopic (exact) mass is 627 g/mol. The van der Waals surface area contributed by atoms with E-state index in [4.69, 9.17) is 0 Å². The van der Waals surface area contributed by atoms with Gasteiger partial charge in [0.1, 0.15) is 0 Å². The number of nitrogens with zero attached hydrogens (tertiary/aromatic N) is 1. The zero-order valence-electron chi connectivity index (χ0n) is 28.8. The molecule has 1 atom stereocenters. The smallest absolute Gasteiger partial charge is 0.0465 e. The third kappa shape index (κ3) is 5.22. The molecule has 242 valence electrons. The molecule has 5 aliphatic carbocycles. The molecule has 0 amide bonds. The average Bonchev–Trinajstić information content (AvgIpc) is 3.38. The first-order valence-corrected chi connectivity index (χ1v) is 18.9. The van der Waals surface area contributed by atoms with Gasteiger partial charge in [0.2, 0.25) is 0 Å². The molecule has 0 radical (unpaired) electrons. The van der Waals surface area contributed by atoms with Crippen molar-refractivity contribution >= 4 is 17.1 Å². The van der Waals surface area contributed by atoms with Crippen LogP contribution in [0.1, 0.15) is 112 Å². The van der Waals surface area contributed by atoms with E-state index in [-0.39, 0.29) is 5.41 Å². The molecular weight excluding hydrogens is 579 g/mol. The van der Waals surface area contributed by atoms with E-state index >= 15 is 0 Å². The first-order valence-electron chi connectivity index (χ1n) is 18.9. The second-order valence-electron chi connectivity index (χ2n) is 16.0. The second-order valence-corrected chi connectivity index (χ2v) is 16.0. The molecule has 0 aromatic heterocycles. The molecule has 4 saturated carbocycles. The predicted molar refractivity (Wildman–Crippen MR) is 203 cm³/mol. The molecule has 1 heteroatoms. The highest BCUT2D eigenvalue weighted by Crippen LogP contribution is 2.53. The van der Waals surface area contributed by atoms with Crippen LogP contribution in [0, 0.1) is 11.8 Å². The number of fused-ring (bicyclic) bond motifs is 6. The third-order valence-electron chi connectivity index (χ3n) is 12.9. The van der Waals surface area contributed by atoms with Gasteiger partial charge in [-0.3, -0.25) is 0 Å². The zero-order chi connectivity index (χ0) is 32.2. The van der Waals surface area contributed by atoms with Gasteiger partial charge in [-0.15, -0.1) is 0 Å². The maximum atomic E-state index is 2.51. The van der Waals surface area contributed by atoms with E-state index in [1.165, 1.54) is 120 Å². The van der Waals surface area contributed by atoms with Gasteiger partial charge in [0.25, 0.3) is 0 Å². The molecule has 0 heterocycles.